The molecule has 0 aliphatic heterocycles. The van der Waals surface area contributed by atoms with Crippen molar-refractivity contribution in [1.29, 1.82) is 0 Å². The summed E-state index contributed by atoms with van der Waals surface area (Å²) < 4.78 is 68.6. The molecule has 0 saturated heterocycles. The number of hydrogen-bond acceptors (Lipinski definition) is 15. The van der Waals surface area contributed by atoms with Gasteiger partial charge in [0, 0.05) is 25.7 Å². The topological polar surface area (TPSA) is 237 Å². The van der Waals surface area contributed by atoms with Gasteiger partial charge in [-0.1, -0.05) is 363 Å². The van der Waals surface area contributed by atoms with Crippen molar-refractivity contribution >= 4 is 39.5 Å². The number of carbonyl (C=O) groups excluding carboxylic acids is 4. The molecule has 0 fully saturated rings. The largest absolute Gasteiger partial charge is 0.472 e. The fourth-order valence-corrected chi connectivity index (χ4v) is 13.8. The van der Waals surface area contributed by atoms with E-state index in [0.717, 1.165) is 102 Å². The molecule has 17 nitrogen and oxygen atoms in total. The molecule has 5 atom stereocenters. The first-order valence-corrected chi connectivity index (χ1v) is 44.0. The number of aliphatic hydroxyl groups is 1. The molecule has 19 heteroatoms. The van der Waals surface area contributed by atoms with Gasteiger partial charge < -0.3 is 33.8 Å². The fraction of sp³-hybridized carbons (Fsp3) is 0.949. The van der Waals surface area contributed by atoms with Crippen LogP contribution in [0.3, 0.4) is 0 Å². The van der Waals surface area contributed by atoms with Crippen LogP contribution in [0.25, 0.3) is 0 Å². The number of esters is 4. The van der Waals surface area contributed by atoms with Crippen molar-refractivity contribution in [3.8, 4) is 0 Å². The Bertz CT molecular complexity index is 1890. The maximum Gasteiger partial charge on any atom is 0.472 e. The lowest BCUT2D eigenvalue weighted by Gasteiger charge is -2.21. The Labute approximate surface area is 600 Å². The van der Waals surface area contributed by atoms with E-state index in [4.69, 9.17) is 37.0 Å². The molecule has 0 saturated carbocycles. The van der Waals surface area contributed by atoms with Gasteiger partial charge in [0.2, 0.25) is 0 Å². The van der Waals surface area contributed by atoms with Gasteiger partial charge in [-0.05, 0) is 37.5 Å². The minimum absolute atomic E-state index is 0.107. The Morgan fingerprint density at radius 3 is 0.694 bits per heavy atom. The normalized spacial score (nSPS) is 13.9. The first-order chi connectivity index (χ1) is 47.4. The molecule has 0 amide bonds. The predicted octanol–water partition coefficient (Wildman–Crippen LogP) is 23.5. The Morgan fingerprint density at radius 2 is 0.469 bits per heavy atom. The van der Waals surface area contributed by atoms with E-state index in [0.29, 0.717) is 25.7 Å². The van der Waals surface area contributed by atoms with Gasteiger partial charge in [0.25, 0.3) is 0 Å². The van der Waals surface area contributed by atoms with Crippen molar-refractivity contribution in [3.63, 3.8) is 0 Å². The van der Waals surface area contributed by atoms with Crippen molar-refractivity contribution in [2.45, 2.75) is 432 Å². The summed E-state index contributed by atoms with van der Waals surface area (Å²) in [6, 6.07) is 0. The lowest BCUT2D eigenvalue weighted by molar-refractivity contribution is -0.161. The van der Waals surface area contributed by atoms with Crippen LogP contribution in [-0.2, 0) is 65.4 Å². The van der Waals surface area contributed by atoms with Gasteiger partial charge in [0.05, 0.1) is 26.4 Å². The summed E-state index contributed by atoms with van der Waals surface area (Å²) in [4.78, 5) is 72.9. The zero-order valence-electron chi connectivity index (χ0n) is 64.1. The number of phosphoric acid groups is 2. The summed E-state index contributed by atoms with van der Waals surface area (Å²) in [6.07, 6.45) is 59.5. The molecular formula is C79H154O17P2. The Kier molecular flexibility index (Phi) is 69.3. The smallest absolute Gasteiger partial charge is 0.462 e. The Morgan fingerprint density at radius 1 is 0.276 bits per heavy atom. The minimum Gasteiger partial charge on any atom is -0.462 e. The van der Waals surface area contributed by atoms with E-state index in [-0.39, 0.29) is 25.7 Å². The third-order valence-corrected chi connectivity index (χ3v) is 20.4. The second-order valence-electron chi connectivity index (χ2n) is 29.4. The summed E-state index contributed by atoms with van der Waals surface area (Å²) in [5.41, 5.74) is 0. The molecule has 0 radical (unpaired) electrons. The molecule has 0 aromatic rings. The van der Waals surface area contributed by atoms with E-state index in [1.807, 2.05) is 0 Å². The number of hydrogen-bond donors (Lipinski definition) is 3. The molecule has 2 unspecified atom stereocenters. The van der Waals surface area contributed by atoms with E-state index < -0.39 is 97.5 Å². The molecule has 0 rings (SSSR count). The van der Waals surface area contributed by atoms with Gasteiger partial charge in [0.1, 0.15) is 19.3 Å². The summed E-state index contributed by atoms with van der Waals surface area (Å²) in [5, 5.41) is 10.6. The van der Waals surface area contributed by atoms with Gasteiger partial charge in [-0.3, -0.25) is 37.3 Å². The number of ether oxygens (including phenoxy) is 4. The van der Waals surface area contributed by atoms with Crippen molar-refractivity contribution in [2.75, 3.05) is 39.6 Å². The highest BCUT2D eigenvalue weighted by Crippen LogP contribution is 2.45. The molecule has 0 aliphatic rings. The number of rotatable bonds is 78. The van der Waals surface area contributed by atoms with Crippen LogP contribution in [0.2, 0.25) is 0 Å². The first-order valence-electron chi connectivity index (χ1n) is 41.0. The maximum absolute atomic E-state index is 13.1. The van der Waals surface area contributed by atoms with Crippen molar-refractivity contribution < 1.29 is 80.2 Å². The van der Waals surface area contributed by atoms with Crippen LogP contribution in [0.5, 0.6) is 0 Å². The number of phosphoric ester groups is 2. The average Bonchev–Trinajstić information content (AvgIpc) is 1.03. The summed E-state index contributed by atoms with van der Waals surface area (Å²) in [6.45, 7) is 9.67. The standard InChI is InChI=1S/C79H154O17P2/c1-7-9-11-13-15-17-29-37-43-49-55-61-76(81)89-67-74(95-78(83)63-57-51-45-39-30-18-16-14-12-10-8-2)69-93-97(85,86)91-65-73(80)66-92-98(87,88)94-70-75(96-79(84)64-58-52-46-40-34-28-24-20-22-26-32-36-42-48-54-60-72(5)6)68-90-77(82)62-56-50-44-38-33-27-23-19-21-25-31-35-41-47-53-59-71(3)4/h71-75,80H,7-70H2,1-6H3,(H,85,86)(H,87,88)/t73-,74+,75+/m0/s1. The zero-order chi connectivity index (χ0) is 72.1. The number of carbonyl (C=O) groups is 4. The van der Waals surface area contributed by atoms with Crippen LogP contribution in [0, 0.1) is 11.8 Å². The Balaban J connectivity index is 5.23. The molecule has 0 aliphatic carbocycles. The monoisotopic (exact) mass is 1440 g/mol. The lowest BCUT2D eigenvalue weighted by Crippen LogP contribution is -2.30. The third kappa shape index (κ3) is 72.4. The molecule has 3 N–H and O–H groups in total. The van der Waals surface area contributed by atoms with Crippen LogP contribution in [0.4, 0.5) is 0 Å². The molecule has 0 aromatic carbocycles. The summed E-state index contributed by atoms with van der Waals surface area (Å²) in [7, 11) is -9.91. The number of aliphatic hydroxyl groups excluding tert-OH is 1. The van der Waals surface area contributed by atoms with E-state index in [1.165, 1.54) is 231 Å². The zero-order valence-corrected chi connectivity index (χ0v) is 65.9. The maximum atomic E-state index is 13.1. The van der Waals surface area contributed by atoms with Crippen molar-refractivity contribution in [3.05, 3.63) is 0 Å². The molecule has 0 bridgehead atoms. The van der Waals surface area contributed by atoms with Crippen LogP contribution >= 0.6 is 15.6 Å². The molecule has 0 aromatic heterocycles. The molecule has 98 heavy (non-hydrogen) atoms. The van der Waals surface area contributed by atoms with Crippen LogP contribution in [0.15, 0.2) is 0 Å². The minimum atomic E-state index is -4.96. The predicted molar refractivity (Wildman–Crippen MR) is 400 cm³/mol. The summed E-state index contributed by atoms with van der Waals surface area (Å²) >= 11 is 0. The van der Waals surface area contributed by atoms with Gasteiger partial charge in [-0.25, -0.2) is 9.13 Å². The highest BCUT2D eigenvalue weighted by Gasteiger charge is 2.30. The number of unbranched alkanes of at least 4 members (excludes halogenated alkanes) is 48. The third-order valence-electron chi connectivity index (χ3n) is 18.5. The molecule has 0 spiro atoms. The Hall–Kier alpha value is -1.94. The quantitative estimate of drug-likeness (QED) is 0.0222. The van der Waals surface area contributed by atoms with Crippen LogP contribution < -0.4 is 0 Å². The summed E-state index contributed by atoms with van der Waals surface area (Å²) in [5.74, 6) is -0.501. The molecular weight excluding hydrogens is 1280 g/mol. The van der Waals surface area contributed by atoms with Gasteiger partial charge in [-0.2, -0.15) is 0 Å². The second kappa shape index (κ2) is 70.7. The van der Waals surface area contributed by atoms with Crippen LogP contribution in [-0.4, -0.2) is 96.7 Å². The average molecular weight is 1440 g/mol. The molecule has 582 valence electrons. The van der Waals surface area contributed by atoms with E-state index >= 15 is 0 Å². The molecule has 0 heterocycles. The highest BCUT2D eigenvalue weighted by molar-refractivity contribution is 7.47. The fourth-order valence-electron chi connectivity index (χ4n) is 12.2. The van der Waals surface area contributed by atoms with Gasteiger partial charge >= 0.3 is 39.5 Å². The SMILES string of the molecule is CCCCCCCCCCCCCC(=O)OC[C@H](COP(=O)(O)OC[C@H](O)COP(=O)(O)OC[C@@H](COC(=O)CCCCCCCCCCCCCCCCCC(C)C)OC(=O)CCCCCCCCCCCCCCCCCC(C)C)OC(=O)CCCCCCCCCCCCC. The van der Waals surface area contributed by atoms with Crippen molar-refractivity contribution in [1.82, 2.24) is 0 Å². The highest BCUT2D eigenvalue weighted by atomic mass is 31.2. The van der Waals surface area contributed by atoms with Gasteiger partial charge in [0.15, 0.2) is 12.2 Å². The second-order valence-corrected chi connectivity index (χ2v) is 32.3. The first kappa shape index (κ1) is 96.1. The van der Waals surface area contributed by atoms with Crippen molar-refractivity contribution in [2.24, 2.45) is 11.8 Å². The van der Waals surface area contributed by atoms with Crippen LogP contribution in [0.1, 0.15) is 414 Å². The van der Waals surface area contributed by atoms with Gasteiger partial charge in [-0.15, -0.1) is 0 Å². The van der Waals surface area contributed by atoms with E-state index in [9.17, 15) is 43.2 Å². The van der Waals surface area contributed by atoms with E-state index in [2.05, 4.69) is 41.5 Å². The van der Waals surface area contributed by atoms with E-state index in [1.54, 1.807) is 0 Å². The lowest BCUT2D eigenvalue weighted by atomic mass is 10.0.